The zero-order valence-electron chi connectivity index (χ0n) is 28.6. The van der Waals surface area contributed by atoms with Gasteiger partial charge in [0.05, 0.1) is 23.0 Å². The first-order chi connectivity index (χ1) is 22.6. The molecule has 2 aromatic carbocycles. The molecule has 6 rings (SSSR count). The molecule has 2 bridgehead atoms. The van der Waals surface area contributed by atoms with Crippen LogP contribution in [-0.2, 0) is 30.3 Å². The van der Waals surface area contributed by atoms with Gasteiger partial charge < -0.3 is 19.7 Å². The van der Waals surface area contributed by atoms with Crippen molar-refractivity contribution in [1.82, 2.24) is 0 Å². The summed E-state index contributed by atoms with van der Waals surface area (Å²) >= 11 is 0. The van der Waals surface area contributed by atoms with Crippen molar-refractivity contribution in [2.75, 3.05) is 0 Å². The summed E-state index contributed by atoms with van der Waals surface area (Å²) in [5.41, 5.74) is -4.23. The SMILES string of the molecule is C=CC(Cc1ccccc1)C(=O)OC1CC2(O)C(OC(=O)c3ccccc3)C3C4(C)CCC4CC(O)C3(C)C(=O)C(=O)C(C1C)C2(C)C. The highest BCUT2D eigenvalue weighted by molar-refractivity contribution is 6.40. The van der Waals surface area contributed by atoms with E-state index < -0.39 is 87.3 Å². The van der Waals surface area contributed by atoms with Gasteiger partial charge in [0, 0.05) is 29.6 Å². The lowest BCUT2D eigenvalue weighted by Gasteiger charge is -2.69. The lowest BCUT2D eigenvalue weighted by Crippen LogP contribution is -2.77. The number of carbonyl (C=O) groups excluding carboxylic acids is 4. The summed E-state index contributed by atoms with van der Waals surface area (Å²) in [5.74, 6) is -5.97. The van der Waals surface area contributed by atoms with E-state index in [0.29, 0.717) is 19.3 Å². The molecule has 0 saturated heterocycles. The van der Waals surface area contributed by atoms with Gasteiger partial charge in [0.25, 0.3) is 0 Å². The number of esters is 2. The largest absolute Gasteiger partial charge is 0.461 e. The van der Waals surface area contributed by atoms with Crippen LogP contribution in [0.4, 0.5) is 0 Å². The Balaban J connectivity index is 1.47. The van der Waals surface area contributed by atoms with E-state index in [1.807, 2.05) is 37.3 Å². The van der Waals surface area contributed by atoms with Crippen molar-refractivity contribution in [3.8, 4) is 0 Å². The Labute approximate surface area is 282 Å². The molecule has 2 N–H and O–H groups in total. The standard InChI is InChI=1S/C40H48O8/c1-7-25(20-24-14-10-8-11-15-24)35(44)47-28-22-40(46)34(48-36(45)26-16-12-9-13-17-26)32-38(5)19-18-27(38)21-29(41)39(32,6)33(43)31(42)30(23(28)2)37(40,3)4/h7-17,23,25,27-30,32,34,41,46H,1,18-22H2,2-6H3. The van der Waals surface area contributed by atoms with Gasteiger partial charge in [-0.25, -0.2) is 4.79 Å². The minimum absolute atomic E-state index is 0.0100. The second-order valence-electron chi connectivity index (χ2n) is 15.8. The van der Waals surface area contributed by atoms with Crippen LogP contribution in [0.25, 0.3) is 0 Å². The molecule has 8 heteroatoms. The molecule has 11 atom stereocenters. The molecule has 0 amide bonds. The van der Waals surface area contributed by atoms with Gasteiger partial charge >= 0.3 is 11.9 Å². The predicted molar refractivity (Wildman–Crippen MR) is 178 cm³/mol. The summed E-state index contributed by atoms with van der Waals surface area (Å²) < 4.78 is 12.6. The molecular formula is C40H48O8. The van der Waals surface area contributed by atoms with Crippen LogP contribution in [0.3, 0.4) is 0 Å². The lowest BCUT2D eigenvalue weighted by molar-refractivity contribution is -0.286. The normalized spacial score (nSPS) is 38.9. The molecule has 0 radical (unpaired) electrons. The maximum atomic E-state index is 14.7. The molecule has 4 aliphatic rings. The highest BCUT2D eigenvalue weighted by atomic mass is 16.6. The van der Waals surface area contributed by atoms with E-state index in [1.165, 1.54) is 6.08 Å². The number of ketones is 2. The fourth-order valence-corrected chi connectivity index (χ4v) is 10.0. The quantitative estimate of drug-likeness (QED) is 0.226. The van der Waals surface area contributed by atoms with Crippen LogP contribution in [0.1, 0.15) is 76.2 Å². The molecule has 48 heavy (non-hydrogen) atoms. The molecule has 0 aromatic heterocycles. The average molecular weight is 657 g/mol. The van der Waals surface area contributed by atoms with Crippen molar-refractivity contribution in [3.05, 3.63) is 84.4 Å². The predicted octanol–water partition coefficient (Wildman–Crippen LogP) is 5.54. The smallest absolute Gasteiger partial charge is 0.338 e. The van der Waals surface area contributed by atoms with E-state index in [9.17, 15) is 29.4 Å². The molecule has 0 heterocycles. The zero-order valence-corrected chi connectivity index (χ0v) is 28.6. The molecule has 4 saturated carbocycles. The van der Waals surface area contributed by atoms with Crippen LogP contribution in [0.2, 0.25) is 0 Å². The van der Waals surface area contributed by atoms with Crippen molar-refractivity contribution in [2.45, 2.75) is 90.6 Å². The van der Waals surface area contributed by atoms with E-state index in [1.54, 1.807) is 58.0 Å². The molecule has 8 nitrogen and oxygen atoms in total. The number of aliphatic hydroxyl groups is 2. The molecular weight excluding hydrogens is 608 g/mol. The fraction of sp³-hybridized carbons (Fsp3) is 0.550. The summed E-state index contributed by atoms with van der Waals surface area (Å²) in [7, 11) is 0. The summed E-state index contributed by atoms with van der Waals surface area (Å²) in [6.45, 7) is 12.8. The third-order valence-electron chi connectivity index (χ3n) is 13.2. The molecule has 4 aliphatic carbocycles. The van der Waals surface area contributed by atoms with E-state index in [-0.39, 0.29) is 17.9 Å². The number of ether oxygens (including phenoxy) is 2. The average Bonchev–Trinajstić information content (AvgIpc) is 3.06. The molecule has 2 aromatic rings. The maximum Gasteiger partial charge on any atom is 0.338 e. The number of hydrogen-bond acceptors (Lipinski definition) is 8. The third kappa shape index (κ3) is 5.01. The third-order valence-corrected chi connectivity index (χ3v) is 13.2. The number of hydrogen-bond donors (Lipinski definition) is 2. The van der Waals surface area contributed by atoms with Crippen LogP contribution in [0.15, 0.2) is 73.3 Å². The van der Waals surface area contributed by atoms with Gasteiger partial charge in [-0.3, -0.25) is 14.4 Å². The number of aliphatic hydroxyl groups excluding tert-OH is 1. The second-order valence-corrected chi connectivity index (χ2v) is 15.8. The molecule has 0 aliphatic heterocycles. The number of Topliss-reactive ketones (excluding diaryl/α,β-unsaturated/α-hetero) is 2. The maximum absolute atomic E-state index is 14.7. The topological polar surface area (TPSA) is 127 Å². The first-order valence-corrected chi connectivity index (χ1v) is 17.2. The van der Waals surface area contributed by atoms with Crippen LogP contribution in [0.5, 0.6) is 0 Å². The Kier molecular flexibility index (Phi) is 8.60. The summed E-state index contributed by atoms with van der Waals surface area (Å²) in [4.78, 5) is 56.9. The highest BCUT2D eigenvalue weighted by Gasteiger charge is 2.76. The van der Waals surface area contributed by atoms with Crippen LogP contribution < -0.4 is 0 Å². The minimum Gasteiger partial charge on any atom is -0.461 e. The Hall–Kier alpha value is -3.62. The van der Waals surface area contributed by atoms with Gasteiger partial charge in [0.2, 0.25) is 11.6 Å². The Morgan fingerprint density at radius 3 is 2.21 bits per heavy atom. The van der Waals surface area contributed by atoms with Crippen molar-refractivity contribution >= 4 is 23.5 Å². The molecule has 256 valence electrons. The molecule has 11 unspecified atom stereocenters. The summed E-state index contributed by atoms with van der Waals surface area (Å²) in [5, 5.41) is 25.0. The van der Waals surface area contributed by atoms with Crippen molar-refractivity contribution in [3.63, 3.8) is 0 Å². The number of fused-ring (bicyclic) bond motifs is 5. The summed E-state index contributed by atoms with van der Waals surface area (Å²) in [6, 6.07) is 17.9. The van der Waals surface area contributed by atoms with Gasteiger partial charge in [-0.05, 0) is 61.6 Å². The van der Waals surface area contributed by atoms with Crippen molar-refractivity contribution in [2.24, 2.45) is 45.8 Å². The minimum atomic E-state index is -1.93. The van der Waals surface area contributed by atoms with E-state index in [2.05, 4.69) is 6.58 Å². The Morgan fingerprint density at radius 1 is 1.00 bits per heavy atom. The number of rotatable bonds is 7. The van der Waals surface area contributed by atoms with Crippen molar-refractivity contribution < 1.29 is 38.9 Å². The van der Waals surface area contributed by atoms with Crippen LogP contribution in [-0.4, -0.2) is 57.6 Å². The Morgan fingerprint density at radius 2 is 1.62 bits per heavy atom. The Bertz CT molecular complexity index is 1600. The van der Waals surface area contributed by atoms with Gasteiger partial charge in [0.1, 0.15) is 17.8 Å². The fourth-order valence-electron chi connectivity index (χ4n) is 10.0. The van der Waals surface area contributed by atoms with E-state index in [0.717, 1.165) is 12.0 Å². The second kappa shape index (κ2) is 12.1. The van der Waals surface area contributed by atoms with Crippen LogP contribution in [0, 0.1) is 45.8 Å². The van der Waals surface area contributed by atoms with Gasteiger partial charge in [-0.15, -0.1) is 6.58 Å². The van der Waals surface area contributed by atoms with E-state index >= 15 is 0 Å². The van der Waals surface area contributed by atoms with Crippen LogP contribution >= 0.6 is 0 Å². The molecule has 0 spiro atoms. The monoisotopic (exact) mass is 656 g/mol. The molecule has 4 fully saturated rings. The number of carbonyl (C=O) groups is 4. The van der Waals surface area contributed by atoms with Gasteiger partial charge in [-0.2, -0.15) is 0 Å². The van der Waals surface area contributed by atoms with Gasteiger partial charge in [0.15, 0.2) is 0 Å². The summed E-state index contributed by atoms with van der Waals surface area (Å²) in [6.07, 6.45) is 0.147. The van der Waals surface area contributed by atoms with E-state index in [4.69, 9.17) is 9.47 Å². The van der Waals surface area contributed by atoms with Crippen molar-refractivity contribution in [1.29, 1.82) is 0 Å². The number of benzene rings is 2. The van der Waals surface area contributed by atoms with Gasteiger partial charge in [-0.1, -0.05) is 82.3 Å². The first kappa shape index (κ1) is 34.3. The zero-order chi connectivity index (χ0) is 34.8. The lowest BCUT2D eigenvalue weighted by atomic mass is 9.37. The first-order valence-electron chi connectivity index (χ1n) is 17.2. The highest BCUT2D eigenvalue weighted by Crippen LogP contribution is 2.69.